The van der Waals surface area contributed by atoms with E-state index in [0.717, 1.165) is 0 Å². The Morgan fingerprint density at radius 1 is 1.36 bits per heavy atom. The van der Waals surface area contributed by atoms with E-state index in [1.54, 1.807) is 0 Å². The highest BCUT2D eigenvalue weighted by molar-refractivity contribution is 6.71. The van der Waals surface area contributed by atoms with Crippen LogP contribution in [0.3, 0.4) is 0 Å². The van der Waals surface area contributed by atoms with Crippen molar-refractivity contribution in [2.45, 2.75) is 0 Å². The summed E-state index contributed by atoms with van der Waals surface area (Å²) < 4.78 is 4.93. The third-order valence-corrected chi connectivity index (χ3v) is 2.41. The summed E-state index contributed by atoms with van der Waals surface area (Å²) in [6.45, 7) is 0. The molecule has 0 amide bonds. The Balaban J connectivity index is 3.32. The van der Waals surface area contributed by atoms with Crippen LogP contribution in [0.5, 0.6) is 5.75 Å². The highest BCUT2D eigenvalue weighted by atomic mass is 35.5. The third kappa shape index (κ3) is 2.23. The summed E-state index contributed by atoms with van der Waals surface area (Å²) in [6.07, 6.45) is 0. The van der Waals surface area contributed by atoms with Crippen molar-refractivity contribution in [2.75, 3.05) is 7.11 Å². The van der Waals surface area contributed by atoms with Gasteiger partial charge in [0.25, 0.3) is 0 Å². The molecule has 0 unspecified atom stereocenters. The Kier molecular flexibility index (Phi) is 3.86. The average Bonchev–Trinajstić information content (AvgIpc) is 2.16. The van der Waals surface area contributed by atoms with E-state index in [1.807, 2.05) is 0 Å². The number of oxime groups is 1. The van der Waals surface area contributed by atoms with Crippen molar-refractivity contribution in [1.82, 2.24) is 0 Å². The molecule has 0 aliphatic carbocycles. The van der Waals surface area contributed by atoms with Gasteiger partial charge in [0.1, 0.15) is 5.75 Å². The van der Waals surface area contributed by atoms with Crippen molar-refractivity contribution < 1.29 is 9.94 Å². The Morgan fingerprint density at radius 2 is 1.86 bits per heavy atom. The van der Waals surface area contributed by atoms with Gasteiger partial charge in [-0.2, -0.15) is 0 Å². The van der Waals surface area contributed by atoms with Gasteiger partial charge in [-0.3, -0.25) is 0 Å². The largest absolute Gasteiger partial charge is 0.497 e. The van der Waals surface area contributed by atoms with E-state index in [0.29, 0.717) is 5.75 Å². The Labute approximate surface area is 95.8 Å². The first kappa shape index (κ1) is 11.4. The molecule has 0 aromatic heterocycles. The van der Waals surface area contributed by atoms with Crippen LogP contribution in [0.15, 0.2) is 17.3 Å². The van der Waals surface area contributed by atoms with Gasteiger partial charge in [0.15, 0.2) is 5.17 Å². The second-order valence-electron chi connectivity index (χ2n) is 2.36. The van der Waals surface area contributed by atoms with Gasteiger partial charge >= 0.3 is 0 Å². The molecule has 6 heteroatoms. The van der Waals surface area contributed by atoms with Gasteiger partial charge in [0.2, 0.25) is 0 Å². The van der Waals surface area contributed by atoms with Gasteiger partial charge in [0.05, 0.1) is 22.7 Å². The summed E-state index contributed by atoms with van der Waals surface area (Å²) in [5.41, 5.74) is 0.276. The number of ether oxygens (including phenoxy) is 1. The zero-order chi connectivity index (χ0) is 10.7. The number of methoxy groups -OCH3 is 1. The monoisotopic (exact) mass is 253 g/mol. The van der Waals surface area contributed by atoms with Crippen LogP contribution in [-0.2, 0) is 0 Å². The van der Waals surface area contributed by atoms with Crippen molar-refractivity contribution in [3.05, 3.63) is 27.7 Å². The summed E-state index contributed by atoms with van der Waals surface area (Å²) in [6, 6.07) is 3.05. The number of halogens is 3. The minimum Gasteiger partial charge on any atom is -0.497 e. The first-order valence-electron chi connectivity index (χ1n) is 3.51. The summed E-state index contributed by atoms with van der Waals surface area (Å²) in [7, 11) is 1.49. The van der Waals surface area contributed by atoms with E-state index in [4.69, 9.17) is 44.7 Å². The highest BCUT2D eigenvalue weighted by Gasteiger charge is 2.13. The van der Waals surface area contributed by atoms with Crippen LogP contribution >= 0.6 is 34.8 Å². The van der Waals surface area contributed by atoms with Gasteiger partial charge < -0.3 is 9.94 Å². The minimum atomic E-state index is -0.164. The van der Waals surface area contributed by atoms with Crippen molar-refractivity contribution in [2.24, 2.45) is 5.16 Å². The molecular weight excluding hydrogens is 248 g/mol. The van der Waals surface area contributed by atoms with Crippen LogP contribution in [0.25, 0.3) is 0 Å². The van der Waals surface area contributed by atoms with Crippen molar-refractivity contribution in [3.63, 3.8) is 0 Å². The smallest absolute Gasteiger partial charge is 0.178 e. The maximum absolute atomic E-state index is 8.47. The van der Waals surface area contributed by atoms with Gasteiger partial charge in [-0.1, -0.05) is 40.0 Å². The van der Waals surface area contributed by atoms with Crippen LogP contribution < -0.4 is 4.74 Å². The van der Waals surface area contributed by atoms with E-state index < -0.39 is 0 Å². The standard InChI is InChI=1S/C8H6Cl3NO2/c1-14-4-2-5(9)7(6(10)3-4)8(11)12-13/h2-3,13H,1H3/b12-8-. The fourth-order valence-electron chi connectivity index (χ4n) is 0.915. The van der Waals surface area contributed by atoms with Crippen LogP contribution in [0.1, 0.15) is 5.56 Å². The molecule has 0 spiro atoms. The molecule has 0 fully saturated rings. The Hall–Kier alpha value is -0.640. The molecular formula is C8H6Cl3NO2. The zero-order valence-electron chi connectivity index (χ0n) is 7.09. The normalized spacial score (nSPS) is 11.6. The van der Waals surface area contributed by atoms with Gasteiger partial charge in [0, 0.05) is 0 Å². The van der Waals surface area contributed by atoms with Crippen LogP contribution in [0.2, 0.25) is 10.0 Å². The quantitative estimate of drug-likeness (QED) is 0.499. The van der Waals surface area contributed by atoms with Crippen molar-refractivity contribution in [3.8, 4) is 5.75 Å². The SMILES string of the molecule is COc1cc(Cl)c(/C(Cl)=N/O)c(Cl)c1. The third-order valence-electron chi connectivity index (χ3n) is 1.55. The van der Waals surface area contributed by atoms with Crippen LogP contribution in [0.4, 0.5) is 0 Å². The number of nitrogens with zero attached hydrogens (tertiary/aromatic N) is 1. The molecule has 1 aromatic carbocycles. The van der Waals surface area contributed by atoms with Gasteiger partial charge in [-0.05, 0) is 12.1 Å². The van der Waals surface area contributed by atoms with Crippen LogP contribution in [-0.4, -0.2) is 17.5 Å². The lowest BCUT2D eigenvalue weighted by Crippen LogP contribution is -1.95. The lowest BCUT2D eigenvalue weighted by molar-refractivity contribution is 0.321. The first-order valence-corrected chi connectivity index (χ1v) is 4.64. The second kappa shape index (κ2) is 4.73. The molecule has 1 rings (SSSR count). The number of rotatable bonds is 2. The molecule has 14 heavy (non-hydrogen) atoms. The first-order chi connectivity index (χ1) is 6.60. The van der Waals surface area contributed by atoms with Crippen molar-refractivity contribution in [1.29, 1.82) is 0 Å². The van der Waals surface area contributed by atoms with E-state index in [2.05, 4.69) is 5.16 Å². The number of benzene rings is 1. The maximum atomic E-state index is 8.47. The van der Waals surface area contributed by atoms with E-state index in [-0.39, 0.29) is 20.8 Å². The Bertz CT molecular complexity index is 356. The molecule has 1 N–H and O–H groups in total. The molecule has 3 nitrogen and oxygen atoms in total. The van der Waals surface area contributed by atoms with E-state index in [1.165, 1.54) is 19.2 Å². The summed E-state index contributed by atoms with van der Waals surface area (Å²) in [5, 5.41) is 11.6. The molecule has 0 heterocycles. The lowest BCUT2D eigenvalue weighted by Gasteiger charge is -2.06. The zero-order valence-corrected chi connectivity index (χ0v) is 9.36. The molecule has 0 bridgehead atoms. The van der Waals surface area contributed by atoms with Crippen LogP contribution in [0, 0.1) is 0 Å². The predicted molar refractivity (Wildman–Crippen MR) is 57.2 cm³/mol. The molecule has 0 saturated carbocycles. The second-order valence-corrected chi connectivity index (χ2v) is 3.53. The molecule has 0 saturated heterocycles. The fourth-order valence-corrected chi connectivity index (χ4v) is 1.86. The topological polar surface area (TPSA) is 41.8 Å². The minimum absolute atomic E-state index is 0.164. The molecule has 0 radical (unpaired) electrons. The summed E-state index contributed by atoms with van der Waals surface area (Å²) in [4.78, 5) is 0. The van der Waals surface area contributed by atoms with E-state index in [9.17, 15) is 0 Å². The molecule has 0 atom stereocenters. The van der Waals surface area contributed by atoms with E-state index >= 15 is 0 Å². The predicted octanol–water partition coefficient (Wildman–Crippen LogP) is 3.38. The average molecular weight is 254 g/mol. The van der Waals surface area contributed by atoms with Gasteiger partial charge in [-0.25, -0.2) is 0 Å². The number of hydrogen-bond donors (Lipinski definition) is 1. The summed E-state index contributed by atoms with van der Waals surface area (Å²) in [5.74, 6) is 0.506. The maximum Gasteiger partial charge on any atom is 0.178 e. The Morgan fingerprint density at radius 3 is 2.21 bits per heavy atom. The number of hydrogen-bond acceptors (Lipinski definition) is 3. The van der Waals surface area contributed by atoms with Gasteiger partial charge in [-0.15, -0.1) is 0 Å². The highest BCUT2D eigenvalue weighted by Crippen LogP contribution is 2.31. The molecule has 76 valence electrons. The van der Waals surface area contributed by atoms with Crippen molar-refractivity contribution >= 4 is 40.0 Å². The molecule has 0 aliphatic heterocycles. The fraction of sp³-hybridized carbons (Fsp3) is 0.125. The lowest BCUT2D eigenvalue weighted by atomic mass is 10.2. The molecule has 1 aromatic rings. The molecule has 0 aliphatic rings. The summed E-state index contributed by atoms with van der Waals surface area (Å²) >= 11 is 17.3.